The van der Waals surface area contributed by atoms with Gasteiger partial charge in [-0.3, -0.25) is 4.90 Å². The molecule has 5 aliphatic rings. The number of hydrogen-bond acceptors (Lipinski definition) is 4. The zero-order valence-electron chi connectivity index (χ0n) is 17.9. The minimum Gasteiger partial charge on any atom is -0.369 e. The third kappa shape index (κ3) is 3.69. The number of nitrogens with one attached hydrogen (secondary N) is 1. The van der Waals surface area contributed by atoms with Crippen LogP contribution < -0.4 is 5.32 Å². The van der Waals surface area contributed by atoms with E-state index in [0.717, 1.165) is 55.5 Å². The maximum atomic E-state index is 4.68. The minimum atomic E-state index is 0.558. The molecule has 4 saturated carbocycles. The molecule has 4 aliphatic carbocycles. The predicted molar refractivity (Wildman–Crippen MR) is 114 cm³/mol. The fourth-order valence-electron chi connectivity index (χ4n) is 7.52. The lowest BCUT2D eigenvalue weighted by molar-refractivity contribution is -0.0444. The maximum Gasteiger partial charge on any atom is 0.132 e. The second kappa shape index (κ2) is 7.59. The lowest BCUT2D eigenvalue weighted by atomic mass is 9.49. The summed E-state index contributed by atoms with van der Waals surface area (Å²) in [6.07, 6.45) is 14.4. The number of anilines is 1. The van der Waals surface area contributed by atoms with E-state index in [1.165, 1.54) is 69.2 Å². The highest BCUT2D eigenvalue weighted by Crippen LogP contribution is 2.59. The minimum absolute atomic E-state index is 0.558. The van der Waals surface area contributed by atoms with E-state index >= 15 is 0 Å². The molecule has 0 saturated heterocycles. The van der Waals surface area contributed by atoms with E-state index in [-0.39, 0.29) is 0 Å². The predicted octanol–water partition coefficient (Wildman–Crippen LogP) is 4.90. The van der Waals surface area contributed by atoms with Crippen LogP contribution in [0.25, 0.3) is 0 Å². The highest BCUT2D eigenvalue weighted by atomic mass is 15.1. The van der Waals surface area contributed by atoms with E-state index in [1.807, 2.05) is 0 Å². The van der Waals surface area contributed by atoms with Gasteiger partial charge in [0, 0.05) is 31.7 Å². The van der Waals surface area contributed by atoms with Crippen LogP contribution >= 0.6 is 0 Å². The van der Waals surface area contributed by atoms with Crippen LogP contribution in [0.1, 0.15) is 76.5 Å². The summed E-state index contributed by atoms with van der Waals surface area (Å²) >= 11 is 0. The van der Waals surface area contributed by atoms with E-state index in [9.17, 15) is 0 Å². The normalized spacial score (nSPS) is 35.0. The zero-order chi connectivity index (χ0) is 19.1. The third-order valence-corrected chi connectivity index (χ3v) is 8.23. The van der Waals surface area contributed by atoms with Crippen LogP contribution in [0.15, 0.2) is 6.33 Å². The largest absolute Gasteiger partial charge is 0.369 e. The van der Waals surface area contributed by atoms with Crippen molar-refractivity contribution in [2.45, 2.75) is 78.2 Å². The first kappa shape index (κ1) is 18.8. The van der Waals surface area contributed by atoms with Crippen LogP contribution in [0, 0.1) is 29.1 Å². The van der Waals surface area contributed by atoms with Gasteiger partial charge in [-0.1, -0.05) is 20.3 Å². The van der Waals surface area contributed by atoms with Crippen molar-refractivity contribution >= 4 is 5.82 Å². The van der Waals surface area contributed by atoms with E-state index in [2.05, 4.69) is 34.0 Å². The molecule has 28 heavy (non-hydrogen) atoms. The lowest BCUT2D eigenvalue weighted by Crippen LogP contribution is -2.49. The van der Waals surface area contributed by atoms with Crippen LogP contribution in [0.4, 0.5) is 5.82 Å². The first-order chi connectivity index (χ1) is 13.6. The van der Waals surface area contributed by atoms with Crippen LogP contribution in [-0.2, 0) is 13.0 Å². The molecule has 0 spiro atoms. The van der Waals surface area contributed by atoms with Crippen LogP contribution in [-0.4, -0.2) is 34.5 Å². The third-order valence-electron chi connectivity index (χ3n) is 8.23. The zero-order valence-corrected chi connectivity index (χ0v) is 17.9. The molecule has 0 aromatic carbocycles. The molecule has 154 valence electrons. The first-order valence-corrected chi connectivity index (χ1v) is 11.9. The molecule has 1 atom stereocenters. The van der Waals surface area contributed by atoms with Crippen molar-refractivity contribution in [3.05, 3.63) is 17.6 Å². The molecular formula is C24H38N4. The maximum absolute atomic E-state index is 4.68. The number of rotatable bonds is 7. The van der Waals surface area contributed by atoms with Crippen molar-refractivity contribution < 1.29 is 0 Å². The van der Waals surface area contributed by atoms with Crippen LogP contribution in [0.3, 0.4) is 0 Å². The smallest absolute Gasteiger partial charge is 0.132 e. The molecular weight excluding hydrogens is 344 g/mol. The molecule has 1 N–H and O–H groups in total. The Kier molecular flexibility index (Phi) is 5.11. The van der Waals surface area contributed by atoms with Crippen molar-refractivity contribution in [1.29, 1.82) is 0 Å². The Morgan fingerprint density at radius 3 is 2.54 bits per heavy atom. The standard InChI is InChI=1S/C24H38N4/c1-3-4-17(2)13-28-6-5-21-22(14-28)26-16-27-23(21)25-15-24-10-18-7-19(11-24)9-20(8-18)12-24/h16-20H,3-15H2,1-2H3,(H,25,26,27). The van der Waals surface area contributed by atoms with E-state index in [0.29, 0.717) is 5.41 Å². The van der Waals surface area contributed by atoms with Crippen molar-refractivity contribution in [3.8, 4) is 0 Å². The van der Waals surface area contributed by atoms with Gasteiger partial charge in [0.05, 0.1) is 5.69 Å². The van der Waals surface area contributed by atoms with Crippen LogP contribution in [0.5, 0.6) is 0 Å². The summed E-state index contributed by atoms with van der Waals surface area (Å²) in [7, 11) is 0. The first-order valence-electron chi connectivity index (χ1n) is 11.9. The molecule has 0 amide bonds. The van der Waals surface area contributed by atoms with Crippen molar-refractivity contribution in [2.75, 3.05) is 25.0 Å². The van der Waals surface area contributed by atoms with Crippen molar-refractivity contribution in [1.82, 2.24) is 14.9 Å². The molecule has 4 bridgehead atoms. The van der Waals surface area contributed by atoms with Crippen LogP contribution in [0.2, 0.25) is 0 Å². The molecule has 1 unspecified atom stereocenters. The summed E-state index contributed by atoms with van der Waals surface area (Å²) < 4.78 is 0. The highest BCUT2D eigenvalue weighted by molar-refractivity contribution is 5.47. The Balaban J connectivity index is 1.24. The Bertz CT molecular complexity index is 665. The number of hydrogen-bond donors (Lipinski definition) is 1. The molecule has 2 heterocycles. The quantitative estimate of drug-likeness (QED) is 0.728. The molecule has 1 aromatic heterocycles. The van der Waals surface area contributed by atoms with Gasteiger partial charge in [-0.05, 0) is 80.5 Å². The topological polar surface area (TPSA) is 41.1 Å². The second-order valence-electron chi connectivity index (χ2n) is 10.8. The summed E-state index contributed by atoms with van der Waals surface area (Å²) in [6.45, 7) is 9.16. The molecule has 1 aromatic rings. The summed E-state index contributed by atoms with van der Waals surface area (Å²) in [5.41, 5.74) is 3.22. The van der Waals surface area contributed by atoms with Gasteiger partial charge in [0.1, 0.15) is 12.1 Å². The summed E-state index contributed by atoms with van der Waals surface area (Å²) in [6, 6.07) is 0. The molecule has 6 rings (SSSR count). The van der Waals surface area contributed by atoms with Gasteiger partial charge >= 0.3 is 0 Å². The fraction of sp³-hybridized carbons (Fsp3) is 0.833. The fourth-order valence-corrected chi connectivity index (χ4v) is 7.52. The second-order valence-corrected chi connectivity index (χ2v) is 10.8. The molecule has 4 heteroatoms. The van der Waals surface area contributed by atoms with Gasteiger partial charge in [-0.25, -0.2) is 9.97 Å². The number of nitrogens with zero attached hydrogens (tertiary/aromatic N) is 3. The Morgan fingerprint density at radius 2 is 1.86 bits per heavy atom. The highest BCUT2D eigenvalue weighted by Gasteiger charge is 2.50. The number of fused-ring (bicyclic) bond motifs is 1. The van der Waals surface area contributed by atoms with Gasteiger partial charge in [0.2, 0.25) is 0 Å². The average Bonchev–Trinajstić information content (AvgIpc) is 2.65. The van der Waals surface area contributed by atoms with E-state index in [1.54, 1.807) is 6.33 Å². The summed E-state index contributed by atoms with van der Waals surface area (Å²) in [5, 5.41) is 3.84. The van der Waals surface area contributed by atoms with Gasteiger partial charge in [0.15, 0.2) is 0 Å². The lowest BCUT2D eigenvalue weighted by Gasteiger charge is -2.57. The SMILES string of the molecule is CCCC(C)CN1CCc2c(ncnc2NCC23CC4CC(CC(C4)C2)C3)C1. The Morgan fingerprint density at radius 1 is 1.14 bits per heavy atom. The Labute approximate surface area is 170 Å². The van der Waals surface area contributed by atoms with E-state index in [4.69, 9.17) is 0 Å². The molecule has 4 nitrogen and oxygen atoms in total. The summed E-state index contributed by atoms with van der Waals surface area (Å²) in [5.74, 6) is 4.98. The molecule has 1 aliphatic heterocycles. The molecule has 4 fully saturated rings. The monoisotopic (exact) mass is 382 g/mol. The van der Waals surface area contributed by atoms with Crippen molar-refractivity contribution in [2.24, 2.45) is 29.1 Å². The van der Waals surface area contributed by atoms with Gasteiger partial charge in [0.25, 0.3) is 0 Å². The average molecular weight is 383 g/mol. The van der Waals surface area contributed by atoms with Gasteiger partial charge in [-0.2, -0.15) is 0 Å². The summed E-state index contributed by atoms with van der Waals surface area (Å²) in [4.78, 5) is 11.9. The van der Waals surface area contributed by atoms with Crippen molar-refractivity contribution in [3.63, 3.8) is 0 Å². The van der Waals surface area contributed by atoms with Gasteiger partial charge < -0.3 is 5.32 Å². The number of aromatic nitrogens is 2. The van der Waals surface area contributed by atoms with Gasteiger partial charge in [-0.15, -0.1) is 0 Å². The molecule has 0 radical (unpaired) electrons. The Hall–Kier alpha value is -1.16. The van der Waals surface area contributed by atoms with E-state index < -0.39 is 0 Å².